The number of amides is 2. The Hall–Kier alpha value is -1.91. The molecule has 116 valence electrons. The van der Waals surface area contributed by atoms with E-state index in [0.29, 0.717) is 37.3 Å². The van der Waals surface area contributed by atoms with Gasteiger partial charge in [0, 0.05) is 26.2 Å². The molecule has 1 heterocycles. The highest BCUT2D eigenvalue weighted by Crippen LogP contribution is 2.08. The Morgan fingerprint density at radius 3 is 1.48 bits per heavy atom. The van der Waals surface area contributed by atoms with Gasteiger partial charge in [-0.2, -0.15) is 0 Å². The first-order chi connectivity index (χ1) is 9.98. The Balaban J connectivity index is 3.16. The van der Waals surface area contributed by atoms with Crippen LogP contribution in [0.5, 0.6) is 0 Å². The number of nitrogens with zero attached hydrogens (tertiary/aromatic N) is 3. The number of rotatable bonds is 6. The van der Waals surface area contributed by atoms with E-state index in [0.717, 1.165) is 0 Å². The highest BCUT2D eigenvalue weighted by molar-refractivity contribution is 5.98. The first kappa shape index (κ1) is 17.1. The van der Waals surface area contributed by atoms with Gasteiger partial charge in [-0.1, -0.05) is 0 Å². The average Bonchev–Trinajstić information content (AvgIpc) is 2.48. The Morgan fingerprint density at radius 1 is 0.857 bits per heavy atom. The lowest BCUT2D eigenvalue weighted by Crippen LogP contribution is -2.37. The van der Waals surface area contributed by atoms with Crippen LogP contribution in [0.4, 0.5) is 0 Å². The van der Waals surface area contributed by atoms with E-state index in [9.17, 15) is 9.59 Å². The summed E-state index contributed by atoms with van der Waals surface area (Å²) in [6.07, 6.45) is 3.53. The van der Waals surface area contributed by atoms with Crippen molar-refractivity contribution in [2.75, 3.05) is 26.2 Å². The van der Waals surface area contributed by atoms with Crippen LogP contribution < -0.4 is 4.57 Å². The largest absolute Gasteiger partial charge is 0.339 e. The average molecular weight is 292 g/mol. The van der Waals surface area contributed by atoms with E-state index in [1.807, 2.05) is 34.7 Å². The highest BCUT2D eigenvalue weighted by Gasteiger charge is 2.21. The number of carbonyl (C=O) groups excluding carboxylic acids is 2. The van der Waals surface area contributed by atoms with Crippen molar-refractivity contribution in [1.29, 1.82) is 0 Å². The van der Waals surface area contributed by atoms with Gasteiger partial charge in [-0.05, 0) is 33.8 Å². The monoisotopic (exact) mass is 292 g/mol. The predicted molar refractivity (Wildman–Crippen MR) is 82.1 cm³/mol. The standard InChI is InChI=1S/C16H26N3O2/c1-6-18(7-2)15(20)13-10-14(12-17(5)11-13)16(21)19(8-3)9-4/h10-12H,6-9H2,1-5H3/q+1. The number of hydrogen-bond donors (Lipinski definition) is 0. The van der Waals surface area contributed by atoms with E-state index < -0.39 is 0 Å². The quantitative estimate of drug-likeness (QED) is 0.745. The molecule has 0 aliphatic heterocycles. The third kappa shape index (κ3) is 4.03. The van der Waals surface area contributed by atoms with Gasteiger partial charge in [0.25, 0.3) is 11.8 Å². The van der Waals surface area contributed by atoms with Crippen molar-refractivity contribution in [2.24, 2.45) is 7.05 Å². The van der Waals surface area contributed by atoms with Crippen LogP contribution in [0, 0.1) is 0 Å². The van der Waals surface area contributed by atoms with Crippen molar-refractivity contribution in [1.82, 2.24) is 9.80 Å². The summed E-state index contributed by atoms with van der Waals surface area (Å²) in [5, 5.41) is 0. The number of hydrogen-bond acceptors (Lipinski definition) is 2. The topological polar surface area (TPSA) is 44.5 Å². The van der Waals surface area contributed by atoms with Crippen LogP contribution in [-0.4, -0.2) is 47.8 Å². The number of carbonyl (C=O) groups is 2. The molecule has 0 aliphatic rings. The maximum Gasteiger partial charge on any atom is 0.259 e. The van der Waals surface area contributed by atoms with Gasteiger partial charge in [0.15, 0.2) is 12.4 Å². The van der Waals surface area contributed by atoms with Gasteiger partial charge in [-0.3, -0.25) is 9.59 Å². The van der Waals surface area contributed by atoms with Crippen LogP contribution in [0.2, 0.25) is 0 Å². The van der Waals surface area contributed by atoms with Gasteiger partial charge in [0.1, 0.15) is 18.2 Å². The summed E-state index contributed by atoms with van der Waals surface area (Å²) in [4.78, 5) is 28.4. The number of pyridine rings is 1. The molecule has 1 aromatic rings. The molecule has 0 unspecified atom stereocenters. The summed E-state index contributed by atoms with van der Waals surface area (Å²) in [6, 6.07) is 1.70. The zero-order valence-electron chi connectivity index (χ0n) is 13.7. The first-order valence-corrected chi connectivity index (χ1v) is 7.57. The van der Waals surface area contributed by atoms with Crippen LogP contribution in [0.15, 0.2) is 18.5 Å². The van der Waals surface area contributed by atoms with Crippen LogP contribution in [-0.2, 0) is 7.05 Å². The maximum absolute atomic E-state index is 12.4. The van der Waals surface area contributed by atoms with Crippen molar-refractivity contribution >= 4 is 11.8 Å². The van der Waals surface area contributed by atoms with E-state index in [2.05, 4.69) is 0 Å². The fourth-order valence-corrected chi connectivity index (χ4v) is 2.34. The fraction of sp³-hybridized carbons (Fsp3) is 0.562. The van der Waals surface area contributed by atoms with Crippen molar-refractivity contribution in [3.05, 3.63) is 29.6 Å². The van der Waals surface area contributed by atoms with Crippen LogP contribution >= 0.6 is 0 Å². The van der Waals surface area contributed by atoms with E-state index in [4.69, 9.17) is 0 Å². The van der Waals surface area contributed by atoms with Gasteiger partial charge >= 0.3 is 0 Å². The Morgan fingerprint density at radius 2 is 1.19 bits per heavy atom. The molecular formula is C16H26N3O2+. The van der Waals surface area contributed by atoms with E-state index in [-0.39, 0.29) is 11.8 Å². The molecule has 0 saturated heterocycles. The minimum Gasteiger partial charge on any atom is -0.339 e. The molecule has 0 radical (unpaired) electrons. The van der Waals surface area contributed by atoms with Crippen molar-refractivity contribution in [2.45, 2.75) is 27.7 Å². The van der Waals surface area contributed by atoms with Gasteiger partial charge in [-0.15, -0.1) is 0 Å². The van der Waals surface area contributed by atoms with Crippen molar-refractivity contribution in [3.8, 4) is 0 Å². The molecule has 0 saturated carbocycles. The summed E-state index contributed by atoms with van der Waals surface area (Å²) in [5.41, 5.74) is 1.11. The number of aromatic nitrogens is 1. The lowest BCUT2D eigenvalue weighted by atomic mass is 10.1. The molecule has 1 rings (SSSR count). The summed E-state index contributed by atoms with van der Waals surface area (Å²) in [6.45, 7) is 10.4. The van der Waals surface area contributed by atoms with Crippen molar-refractivity contribution < 1.29 is 14.2 Å². The lowest BCUT2D eigenvalue weighted by Gasteiger charge is -2.20. The minimum absolute atomic E-state index is 0.0372. The summed E-state index contributed by atoms with van der Waals surface area (Å²) < 4.78 is 1.77. The van der Waals surface area contributed by atoms with E-state index >= 15 is 0 Å². The Bertz CT molecular complexity index is 464. The normalized spacial score (nSPS) is 10.3. The summed E-state index contributed by atoms with van der Waals surface area (Å²) in [5.74, 6) is -0.0745. The molecular weight excluding hydrogens is 266 g/mol. The minimum atomic E-state index is -0.0372. The fourth-order valence-electron chi connectivity index (χ4n) is 2.34. The molecule has 5 nitrogen and oxygen atoms in total. The van der Waals surface area contributed by atoms with Gasteiger partial charge in [0.2, 0.25) is 0 Å². The second-order valence-corrected chi connectivity index (χ2v) is 4.93. The SMILES string of the molecule is CCN(CC)C(=O)c1cc(C(=O)N(CC)CC)c[n+](C)c1. The molecule has 5 heteroatoms. The second kappa shape index (κ2) is 7.76. The zero-order valence-corrected chi connectivity index (χ0v) is 13.7. The first-order valence-electron chi connectivity index (χ1n) is 7.57. The molecule has 0 bridgehead atoms. The van der Waals surface area contributed by atoms with Crippen LogP contribution in [0.3, 0.4) is 0 Å². The Kier molecular flexibility index (Phi) is 6.34. The molecule has 0 spiro atoms. The van der Waals surface area contributed by atoms with Gasteiger partial charge < -0.3 is 9.80 Å². The molecule has 0 aliphatic carbocycles. The zero-order chi connectivity index (χ0) is 16.0. The summed E-state index contributed by atoms with van der Waals surface area (Å²) >= 11 is 0. The van der Waals surface area contributed by atoms with E-state index in [1.165, 1.54) is 0 Å². The van der Waals surface area contributed by atoms with Crippen molar-refractivity contribution in [3.63, 3.8) is 0 Å². The third-order valence-electron chi connectivity index (χ3n) is 3.59. The van der Waals surface area contributed by atoms with Crippen LogP contribution in [0.25, 0.3) is 0 Å². The summed E-state index contributed by atoms with van der Waals surface area (Å²) in [7, 11) is 1.83. The molecule has 0 N–H and O–H groups in total. The molecule has 1 aromatic heterocycles. The highest BCUT2D eigenvalue weighted by atomic mass is 16.2. The number of aryl methyl sites for hydroxylation is 1. The van der Waals surface area contributed by atoms with Gasteiger partial charge in [0.05, 0.1) is 0 Å². The second-order valence-electron chi connectivity index (χ2n) is 4.93. The van der Waals surface area contributed by atoms with Crippen LogP contribution in [0.1, 0.15) is 48.4 Å². The maximum atomic E-state index is 12.4. The van der Waals surface area contributed by atoms with E-state index in [1.54, 1.807) is 32.8 Å². The predicted octanol–water partition coefficient (Wildman–Crippen LogP) is 1.48. The molecule has 2 amide bonds. The lowest BCUT2D eigenvalue weighted by molar-refractivity contribution is -0.671. The molecule has 21 heavy (non-hydrogen) atoms. The smallest absolute Gasteiger partial charge is 0.259 e. The Labute approximate surface area is 127 Å². The molecule has 0 aromatic carbocycles. The van der Waals surface area contributed by atoms with Gasteiger partial charge in [-0.25, -0.2) is 4.57 Å². The molecule has 0 atom stereocenters. The molecule has 0 fully saturated rings. The third-order valence-corrected chi connectivity index (χ3v) is 3.59.